The third-order valence-corrected chi connectivity index (χ3v) is 24.8. The van der Waals surface area contributed by atoms with Crippen LogP contribution in [0.2, 0.25) is 0 Å². The van der Waals surface area contributed by atoms with E-state index in [4.69, 9.17) is 12.3 Å². The first-order chi connectivity index (χ1) is 62.3. The Labute approximate surface area is 756 Å². The molecule has 634 valence electrons. The Morgan fingerprint density at radius 1 is 0.194 bits per heavy atom. The summed E-state index contributed by atoms with van der Waals surface area (Å²) in [4.78, 5) is 0. The van der Waals surface area contributed by atoms with Crippen molar-refractivity contribution in [3.05, 3.63) is 354 Å². The summed E-state index contributed by atoms with van der Waals surface area (Å²) in [5, 5.41) is 0. The molecule has 0 radical (unpaired) electrons. The van der Waals surface area contributed by atoms with Crippen LogP contribution in [0.5, 0.6) is 0 Å². The lowest BCUT2D eigenvalue weighted by molar-refractivity contribution is -0.661. The Morgan fingerprint density at radius 2 is 0.452 bits per heavy atom. The summed E-state index contributed by atoms with van der Waals surface area (Å²) >= 11 is 0. The molecule has 10 heteroatoms. The average Bonchev–Trinajstić information content (AvgIpc) is 0.564. The predicted octanol–water partition coefficient (Wildman–Crippen LogP) is 20.9. The van der Waals surface area contributed by atoms with E-state index in [-0.39, 0.29) is 11.1 Å². The number of aryl methyl sites for hydroxylation is 26. The molecule has 5 aromatic carbocycles. The van der Waals surface area contributed by atoms with Gasteiger partial charge < -0.3 is 0 Å². The van der Waals surface area contributed by atoms with Crippen molar-refractivity contribution in [2.75, 3.05) is 0 Å². The normalized spacial score (nSPS) is 12.4. The second-order valence-corrected chi connectivity index (χ2v) is 34.9. The molecule has 0 unspecified atom stereocenters. The van der Waals surface area contributed by atoms with Gasteiger partial charge in [0.1, 0.15) is 70.5 Å². The summed E-state index contributed by atoms with van der Waals surface area (Å²) < 4.78 is 93.3. The SMILES string of the molecule is Cc1cc(-c2c(C)cc(C)c(-c3cccc[n+]3C)c2C)[n+](C)cc1C.Cc1cc(C)c(-c2ccc(C(C)C)c[n+]2C)c(C)c1-c1cccc[n+]1C.Cc1cc[n+](C)c(-c2c(C)cc(C)c(-c3ccc(C)c[n+]3C)c2C)c1.[2H]C([2H])([2H])c1cc(C)c(-c2cccc[n+]2C)c(C)c1-c1ccc(C)c[n+]1C.[2H]C([2H])([2H])c1cc[n+](C)c(-c2c(C([2H])([2H])[2H])cc(C)c(-c3cccc[n+]3C)c2C)c1. The molecule has 15 aromatic rings. The largest absolute Gasteiger partial charge is 0.213 e. The van der Waals surface area contributed by atoms with Gasteiger partial charge in [0.15, 0.2) is 62.0 Å². The molecule has 10 aromatic heterocycles. The van der Waals surface area contributed by atoms with Crippen LogP contribution in [-0.4, -0.2) is 0 Å². The van der Waals surface area contributed by atoms with Crippen molar-refractivity contribution in [2.24, 2.45) is 70.5 Å². The van der Waals surface area contributed by atoms with Gasteiger partial charge in [0.05, 0.1) is 55.6 Å². The molecule has 124 heavy (non-hydrogen) atoms. The van der Waals surface area contributed by atoms with Gasteiger partial charge in [-0.1, -0.05) is 44.2 Å². The zero-order valence-electron chi connectivity index (χ0n) is 88.5. The fourth-order valence-electron chi connectivity index (χ4n) is 18.6. The first-order valence-corrected chi connectivity index (χ1v) is 43.1. The minimum absolute atomic E-state index is 0.180. The molecule has 0 spiro atoms. The Balaban J connectivity index is 0.000000160. The van der Waals surface area contributed by atoms with E-state index in [2.05, 4.69) is 318 Å². The molecule has 0 N–H and O–H groups in total. The Morgan fingerprint density at radius 3 is 0.758 bits per heavy atom. The number of benzene rings is 5. The van der Waals surface area contributed by atoms with Gasteiger partial charge in [0.25, 0.3) is 0 Å². The molecule has 0 aliphatic rings. The van der Waals surface area contributed by atoms with Crippen LogP contribution in [0.25, 0.3) is 113 Å². The van der Waals surface area contributed by atoms with Gasteiger partial charge in [-0.25, -0.2) is 45.7 Å². The summed E-state index contributed by atoms with van der Waals surface area (Å²) in [6.07, 6.45) is 20.7. The van der Waals surface area contributed by atoms with Crippen LogP contribution in [0.1, 0.15) is 154 Å². The molecule has 15 rings (SSSR count). The maximum Gasteiger partial charge on any atom is 0.213 e. The molecule has 10 nitrogen and oxygen atoms in total. The number of hydrogen-bond donors (Lipinski definition) is 0. The standard InChI is InChI=1S/C24H30N2.2C23H28N2.2C22H26N2/c1-16(2)20-11-12-22(26(7)15-20)24-18(4)14-17(3)23(19(24)5)21-10-8-9-13-25(21)6;1-15-10-11-24(6)21(12-15)23-18(4)13-17(3)22(19(23)5)20-9-8-16(2)14-25(20)7;1-15-13-21(25(7)14-18(15)4)23-17(3)12-16(2)22(19(23)5)20-10-8-9-11-24(20)6;1-15-10-11-20(24(6)14-15)22-17(3)13-16(2)21(18(22)4)19-9-7-8-12-23(19)5;1-15-10-12-24(6)20(13-15)22-17(3)14-16(2)21(18(22)4)19-9-7-8-11-23(19)5/h8-16H,1-7H3;2*8-14H,1-7H3;2*7-14H,1-6H3/q5*+2/i;;;3D3;1D3,3D3. The van der Waals surface area contributed by atoms with Gasteiger partial charge >= 0.3 is 0 Å². The van der Waals surface area contributed by atoms with Gasteiger partial charge in [-0.15, -0.1) is 0 Å². The molecular formula is C114H138N10+10. The number of aromatic nitrogens is 10. The summed E-state index contributed by atoms with van der Waals surface area (Å²) in [7, 11) is 20.5. The van der Waals surface area contributed by atoms with Crippen LogP contribution in [0, 0.1) is 145 Å². The average molecular weight is 1660 g/mol. The van der Waals surface area contributed by atoms with E-state index in [1.165, 1.54) is 145 Å². The van der Waals surface area contributed by atoms with E-state index in [0.717, 1.165) is 61.6 Å². The number of hydrogen-bond acceptors (Lipinski definition) is 0. The topological polar surface area (TPSA) is 38.8 Å². The van der Waals surface area contributed by atoms with Crippen LogP contribution in [-0.2, 0) is 70.5 Å². The monoisotopic (exact) mass is 1660 g/mol. The smallest absolute Gasteiger partial charge is 0.201 e. The van der Waals surface area contributed by atoms with E-state index in [1.807, 2.05) is 132 Å². The lowest BCUT2D eigenvalue weighted by Crippen LogP contribution is -2.32. The second-order valence-electron chi connectivity index (χ2n) is 34.9. The predicted molar refractivity (Wildman–Crippen MR) is 512 cm³/mol. The van der Waals surface area contributed by atoms with Crippen LogP contribution < -0.4 is 45.7 Å². The molecule has 0 aliphatic carbocycles. The minimum atomic E-state index is -2.34. The van der Waals surface area contributed by atoms with Crippen molar-refractivity contribution in [1.82, 2.24) is 0 Å². The summed E-state index contributed by atoms with van der Waals surface area (Å²) in [5.41, 5.74) is 46.6. The molecule has 0 saturated carbocycles. The fraction of sp³-hybridized carbons (Fsp3) is 0.298. The van der Waals surface area contributed by atoms with Crippen LogP contribution in [0.15, 0.2) is 232 Å². The number of pyridine rings is 10. The first kappa shape index (κ1) is 80.0. The van der Waals surface area contributed by atoms with E-state index < -0.39 is 20.6 Å². The van der Waals surface area contributed by atoms with E-state index in [9.17, 15) is 0 Å². The quantitative estimate of drug-likeness (QED) is 0.116. The Bertz CT molecular complexity index is 6970. The third-order valence-electron chi connectivity index (χ3n) is 24.8. The lowest BCUT2D eigenvalue weighted by Gasteiger charge is -2.16. The van der Waals surface area contributed by atoms with Gasteiger partial charge in [0, 0.05) is 132 Å². The van der Waals surface area contributed by atoms with E-state index in [1.54, 1.807) is 36.0 Å². The van der Waals surface area contributed by atoms with Crippen molar-refractivity contribution in [3.8, 4) is 113 Å². The minimum Gasteiger partial charge on any atom is -0.201 e. The van der Waals surface area contributed by atoms with Crippen LogP contribution in [0.4, 0.5) is 0 Å². The van der Waals surface area contributed by atoms with Crippen molar-refractivity contribution >= 4 is 0 Å². The van der Waals surface area contributed by atoms with E-state index in [0.29, 0.717) is 22.7 Å². The summed E-state index contributed by atoms with van der Waals surface area (Å²) in [6.45, 7) is 36.3. The van der Waals surface area contributed by atoms with Crippen molar-refractivity contribution in [2.45, 2.75) is 165 Å². The molecule has 0 saturated heterocycles. The highest BCUT2D eigenvalue weighted by Gasteiger charge is 2.31. The van der Waals surface area contributed by atoms with Gasteiger partial charge in [0.2, 0.25) is 56.9 Å². The van der Waals surface area contributed by atoms with Gasteiger partial charge in [-0.05, 0) is 294 Å². The van der Waals surface area contributed by atoms with Crippen molar-refractivity contribution < 1.29 is 58.0 Å². The van der Waals surface area contributed by atoms with Crippen LogP contribution >= 0.6 is 0 Å². The molecule has 0 fully saturated rings. The van der Waals surface area contributed by atoms with E-state index >= 15 is 0 Å². The maximum absolute atomic E-state index is 8.13. The molecule has 0 atom stereocenters. The Kier molecular flexibility index (Phi) is 25.2. The molecule has 0 amide bonds. The summed E-state index contributed by atoms with van der Waals surface area (Å²) in [5.74, 6) is 0.536. The highest BCUT2D eigenvalue weighted by molar-refractivity contribution is 5.83. The molecular weight excluding hydrogens is 1510 g/mol. The fourth-order valence-corrected chi connectivity index (χ4v) is 18.6. The molecule has 10 heterocycles. The maximum atomic E-state index is 8.13. The highest BCUT2D eigenvalue weighted by Crippen LogP contribution is 2.41. The number of nitrogens with zero attached hydrogens (tertiary/aromatic N) is 10. The highest BCUT2D eigenvalue weighted by atomic mass is 15.0. The zero-order valence-corrected chi connectivity index (χ0v) is 79.5. The lowest BCUT2D eigenvalue weighted by atomic mass is 9.89. The zero-order chi connectivity index (χ0) is 98.0. The van der Waals surface area contributed by atoms with Crippen LogP contribution in [0.3, 0.4) is 0 Å². The van der Waals surface area contributed by atoms with Crippen molar-refractivity contribution in [3.63, 3.8) is 0 Å². The second kappa shape index (κ2) is 39.0. The molecule has 0 bridgehead atoms. The Hall–Kier alpha value is -12.4. The summed E-state index contributed by atoms with van der Waals surface area (Å²) in [6, 6.07) is 58.1. The van der Waals surface area contributed by atoms with Crippen molar-refractivity contribution in [1.29, 1.82) is 0 Å². The third kappa shape index (κ3) is 19.6. The number of rotatable bonds is 11. The first-order valence-electron chi connectivity index (χ1n) is 47.6. The molecule has 0 aliphatic heterocycles. The van der Waals surface area contributed by atoms with Gasteiger partial charge in [-0.2, -0.15) is 0 Å². The van der Waals surface area contributed by atoms with Gasteiger partial charge in [-0.3, -0.25) is 0 Å².